The van der Waals surface area contributed by atoms with Crippen LogP contribution in [0.4, 0.5) is 4.39 Å². The van der Waals surface area contributed by atoms with E-state index in [0.29, 0.717) is 12.5 Å². The number of guanidine groups is 1. The number of benzene rings is 1. The lowest BCUT2D eigenvalue weighted by atomic mass is 10.1. The first kappa shape index (κ1) is 19.2. The maximum absolute atomic E-state index is 12.9. The fraction of sp³-hybridized carbons (Fsp3) is 0.562. The Kier molecular flexibility index (Phi) is 8.70. The molecule has 0 amide bonds. The van der Waals surface area contributed by atoms with Crippen LogP contribution in [0.5, 0.6) is 0 Å². The van der Waals surface area contributed by atoms with Crippen LogP contribution in [0.3, 0.4) is 0 Å². The van der Waals surface area contributed by atoms with Crippen molar-refractivity contribution in [2.75, 3.05) is 13.1 Å². The van der Waals surface area contributed by atoms with Gasteiger partial charge in [0.2, 0.25) is 0 Å². The summed E-state index contributed by atoms with van der Waals surface area (Å²) in [6, 6.07) is 6.37. The van der Waals surface area contributed by atoms with E-state index in [2.05, 4.69) is 15.6 Å². The van der Waals surface area contributed by atoms with Crippen LogP contribution in [-0.2, 0) is 6.54 Å². The Balaban J connectivity index is 0.00000242. The molecule has 4 nitrogen and oxygen atoms in total. The first-order valence-corrected chi connectivity index (χ1v) is 7.63. The number of hydrogen-bond donors (Lipinski definition) is 3. The monoisotopic (exact) mass is 421 g/mol. The molecule has 22 heavy (non-hydrogen) atoms. The van der Waals surface area contributed by atoms with Crippen LogP contribution in [0.25, 0.3) is 0 Å². The lowest BCUT2D eigenvalue weighted by Gasteiger charge is -2.17. The molecule has 1 aromatic rings. The van der Waals surface area contributed by atoms with Crippen LogP contribution in [0.15, 0.2) is 29.3 Å². The maximum atomic E-state index is 12.9. The summed E-state index contributed by atoms with van der Waals surface area (Å²) in [4.78, 5) is 4.49. The fourth-order valence-corrected chi connectivity index (χ4v) is 2.59. The van der Waals surface area contributed by atoms with Crippen molar-refractivity contribution in [3.05, 3.63) is 35.6 Å². The van der Waals surface area contributed by atoms with Crippen molar-refractivity contribution in [3.63, 3.8) is 0 Å². The molecular formula is C16H25FIN3O. The molecule has 0 spiro atoms. The zero-order valence-electron chi connectivity index (χ0n) is 12.9. The van der Waals surface area contributed by atoms with Gasteiger partial charge in [0.1, 0.15) is 5.82 Å². The number of aliphatic hydroxyl groups excluding tert-OH is 1. The Hall–Kier alpha value is -0.890. The van der Waals surface area contributed by atoms with Crippen LogP contribution < -0.4 is 10.6 Å². The summed E-state index contributed by atoms with van der Waals surface area (Å²) < 4.78 is 12.9. The summed E-state index contributed by atoms with van der Waals surface area (Å²) in [6.45, 7) is 4.03. The minimum atomic E-state index is -0.233. The quantitative estimate of drug-likeness (QED) is 0.389. The van der Waals surface area contributed by atoms with Gasteiger partial charge in [0, 0.05) is 19.0 Å². The van der Waals surface area contributed by atoms with Crippen LogP contribution in [0.1, 0.15) is 31.7 Å². The maximum Gasteiger partial charge on any atom is 0.191 e. The van der Waals surface area contributed by atoms with E-state index in [1.165, 1.54) is 12.1 Å². The molecule has 0 radical (unpaired) electrons. The van der Waals surface area contributed by atoms with Gasteiger partial charge >= 0.3 is 0 Å². The molecule has 3 N–H and O–H groups in total. The summed E-state index contributed by atoms with van der Waals surface area (Å²) in [5, 5.41) is 16.3. The number of hydrogen-bond acceptors (Lipinski definition) is 2. The molecule has 2 rings (SSSR count). The number of nitrogens with zero attached hydrogens (tertiary/aromatic N) is 1. The first-order valence-electron chi connectivity index (χ1n) is 7.63. The van der Waals surface area contributed by atoms with Crippen molar-refractivity contribution in [3.8, 4) is 0 Å². The predicted molar refractivity (Wildman–Crippen MR) is 98.0 cm³/mol. The van der Waals surface area contributed by atoms with Crippen LogP contribution in [0, 0.1) is 11.7 Å². The van der Waals surface area contributed by atoms with Gasteiger partial charge in [-0.3, -0.25) is 0 Å². The van der Waals surface area contributed by atoms with Gasteiger partial charge in [-0.2, -0.15) is 0 Å². The Morgan fingerprint density at radius 1 is 1.27 bits per heavy atom. The van der Waals surface area contributed by atoms with Crippen molar-refractivity contribution in [1.82, 2.24) is 10.6 Å². The number of nitrogens with one attached hydrogen (secondary N) is 2. The molecule has 2 atom stereocenters. The van der Waals surface area contributed by atoms with Gasteiger partial charge in [0.25, 0.3) is 0 Å². The SMILES string of the molecule is CCNC(=NCc1ccc(F)cc1)NCC1CCCC1O.I. The average molecular weight is 421 g/mol. The van der Waals surface area contributed by atoms with Gasteiger partial charge in [0.05, 0.1) is 12.6 Å². The highest BCUT2D eigenvalue weighted by atomic mass is 127. The number of aliphatic hydroxyl groups is 1. The predicted octanol–water partition coefficient (Wildman–Crippen LogP) is 2.66. The molecule has 0 saturated heterocycles. The van der Waals surface area contributed by atoms with E-state index in [9.17, 15) is 9.50 Å². The van der Waals surface area contributed by atoms with E-state index >= 15 is 0 Å². The average Bonchev–Trinajstić information content (AvgIpc) is 2.89. The van der Waals surface area contributed by atoms with Gasteiger partial charge in [-0.1, -0.05) is 18.6 Å². The number of halogens is 2. The minimum absolute atomic E-state index is 0. The topological polar surface area (TPSA) is 56.7 Å². The molecule has 2 unspecified atom stereocenters. The van der Waals surface area contributed by atoms with Crippen LogP contribution >= 0.6 is 24.0 Å². The minimum Gasteiger partial charge on any atom is -0.393 e. The lowest BCUT2D eigenvalue weighted by molar-refractivity contribution is 0.134. The highest BCUT2D eigenvalue weighted by Crippen LogP contribution is 2.24. The fourth-order valence-electron chi connectivity index (χ4n) is 2.59. The second kappa shape index (κ2) is 9.99. The molecular weight excluding hydrogens is 396 g/mol. The molecule has 0 aliphatic heterocycles. The van der Waals surface area contributed by atoms with E-state index in [-0.39, 0.29) is 35.9 Å². The molecule has 0 aromatic heterocycles. The van der Waals surface area contributed by atoms with Crippen LogP contribution in [0.2, 0.25) is 0 Å². The largest absolute Gasteiger partial charge is 0.393 e. The van der Waals surface area contributed by atoms with Crippen LogP contribution in [-0.4, -0.2) is 30.3 Å². The van der Waals surface area contributed by atoms with Crippen molar-refractivity contribution >= 4 is 29.9 Å². The van der Waals surface area contributed by atoms with Gasteiger partial charge < -0.3 is 15.7 Å². The molecule has 6 heteroatoms. The van der Waals surface area contributed by atoms with E-state index < -0.39 is 0 Å². The Bertz CT molecular complexity index is 467. The van der Waals surface area contributed by atoms with Gasteiger partial charge in [-0.15, -0.1) is 24.0 Å². The summed E-state index contributed by atoms with van der Waals surface area (Å²) in [5.74, 6) is 0.809. The summed E-state index contributed by atoms with van der Waals surface area (Å²) in [5.41, 5.74) is 0.967. The van der Waals surface area contributed by atoms with Crippen molar-refractivity contribution in [2.45, 2.75) is 38.8 Å². The molecule has 1 aliphatic rings. The Morgan fingerprint density at radius 2 is 2.00 bits per heavy atom. The molecule has 1 aliphatic carbocycles. The normalized spacial score (nSPS) is 21.3. The third-order valence-electron chi connectivity index (χ3n) is 3.83. The molecule has 0 bridgehead atoms. The third kappa shape index (κ3) is 6.08. The second-order valence-electron chi connectivity index (χ2n) is 5.46. The van der Waals surface area contributed by atoms with Gasteiger partial charge in [0.15, 0.2) is 5.96 Å². The molecule has 0 heterocycles. The zero-order chi connectivity index (χ0) is 15.1. The summed E-state index contributed by atoms with van der Waals surface area (Å²) in [6.07, 6.45) is 2.86. The Labute approximate surface area is 148 Å². The second-order valence-corrected chi connectivity index (χ2v) is 5.46. The number of rotatable bonds is 5. The van der Waals surface area contributed by atoms with Gasteiger partial charge in [-0.05, 0) is 37.5 Å². The highest BCUT2D eigenvalue weighted by Gasteiger charge is 2.24. The third-order valence-corrected chi connectivity index (χ3v) is 3.83. The van der Waals surface area contributed by atoms with Crippen molar-refractivity contribution in [1.29, 1.82) is 0 Å². The molecule has 1 fully saturated rings. The number of aliphatic imine (C=N–C) groups is 1. The molecule has 124 valence electrons. The van der Waals surface area contributed by atoms with E-state index in [4.69, 9.17) is 0 Å². The van der Waals surface area contributed by atoms with Gasteiger partial charge in [-0.25, -0.2) is 9.38 Å². The van der Waals surface area contributed by atoms with Crippen molar-refractivity contribution < 1.29 is 9.50 Å². The lowest BCUT2D eigenvalue weighted by Crippen LogP contribution is -2.41. The van der Waals surface area contributed by atoms with E-state index in [1.54, 1.807) is 12.1 Å². The zero-order valence-corrected chi connectivity index (χ0v) is 15.2. The standard InChI is InChI=1S/C16H24FN3O.HI/c1-2-18-16(20-11-13-4-3-5-15(13)21)19-10-12-6-8-14(17)9-7-12;/h6-9,13,15,21H,2-5,10-11H2,1H3,(H2,18,19,20);1H. The molecule has 1 saturated carbocycles. The smallest absolute Gasteiger partial charge is 0.191 e. The van der Waals surface area contributed by atoms with E-state index in [0.717, 1.165) is 43.9 Å². The molecule has 1 aromatic carbocycles. The first-order chi connectivity index (χ1) is 10.2. The van der Waals surface area contributed by atoms with Crippen molar-refractivity contribution in [2.24, 2.45) is 10.9 Å². The highest BCUT2D eigenvalue weighted by molar-refractivity contribution is 14.0. The van der Waals surface area contributed by atoms with E-state index in [1.807, 2.05) is 6.92 Å². The Morgan fingerprint density at radius 3 is 2.59 bits per heavy atom. The summed E-state index contributed by atoms with van der Waals surface area (Å²) in [7, 11) is 0. The summed E-state index contributed by atoms with van der Waals surface area (Å²) >= 11 is 0.